The van der Waals surface area contributed by atoms with Gasteiger partial charge in [-0.15, -0.1) is 0 Å². The largest absolute Gasteiger partial charge is 0.480 e. The van der Waals surface area contributed by atoms with E-state index in [0.29, 0.717) is 25.6 Å². The lowest BCUT2D eigenvalue weighted by Crippen LogP contribution is -2.61. The predicted octanol–water partition coefficient (Wildman–Crippen LogP) is 1.12. The van der Waals surface area contributed by atoms with E-state index in [1.165, 1.54) is 0 Å². The maximum Gasteiger partial charge on any atom is 0.336 e. The monoisotopic (exact) mass is 242 g/mol. The van der Waals surface area contributed by atoms with Crippen LogP contribution in [0.25, 0.3) is 0 Å². The molecule has 0 fully saturated rings. The molecule has 17 heavy (non-hydrogen) atoms. The molecule has 1 aliphatic heterocycles. The van der Waals surface area contributed by atoms with E-state index < -0.39 is 11.1 Å². The van der Waals surface area contributed by atoms with Crippen molar-refractivity contribution in [2.45, 2.75) is 45.8 Å². The summed E-state index contributed by atoms with van der Waals surface area (Å²) in [5.74, 6) is 0.0670. The molecule has 0 saturated heterocycles. The Balaban J connectivity index is 2.87. The number of hydrogen-bond acceptors (Lipinski definition) is 5. The molecule has 1 heterocycles. The minimum atomic E-state index is -0.971. The van der Waals surface area contributed by atoms with Gasteiger partial charge < -0.3 is 9.47 Å². The van der Waals surface area contributed by atoms with E-state index in [1.54, 1.807) is 6.92 Å². The minimum absolute atomic E-state index is 0.350. The van der Waals surface area contributed by atoms with E-state index in [4.69, 9.17) is 9.47 Å². The lowest BCUT2D eigenvalue weighted by molar-refractivity contribution is -0.160. The number of nitrogens with one attached hydrogen (secondary N) is 1. The van der Waals surface area contributed by atoms with Gasteiger partial charge in [0, 0.05) is 6.54 Å². The van der Waals surface area contributed by atoms with Crippen LogP contribution in [0.3, 0.4) is 0 Å². The van der Waals surface area contributed by atoms with Crippen LogP contribution in [0.15, 0.2) is 4.99 Å². The van der Waals surface area contributed by atoms with Gasteiger partial charge in [-0.25, -0.2) is 4.79 Å². The number of hydrogen-bond donors (Lipinski definition) is 1. The zero-order valence-electron chi connectivity index (χ0n) is 11.3. The van der Waals surface area contributed by atoms with Gasteiger partial charge in [-0.2, -0.15) is 0 Å². The lowest BCUT2D eigenvalue weighted by atomic mass is 10.00. The van der Waals surface area contributed by atoms with Crippen molar-refractivity contribution in [1.82, 2.24) is 5.32 Å². The van der Waals surface area contributed by atoms with Crippen LogP contribution in [0.1, 0.15) is 34.6 Å². The van der Waals surface area contributed by atoms with Crippen molar-refractivity contribution >= 4 is 11.9 Å². The van der Waals surface area contributed by atoms with Crippen LogP contribution in [0.2, 0.25) is 0 Å². The fraction of sp³-hybridized carbons (Fsp3) is 0.833. The van der Waals surface area contributed by atoms with Gasteiger partial charge in [-0.3, -0.25) is 10.3 Å². The SMILES string of the molecule is CCOC1=NCCNC1(C)C(=O)OC(C)(C)C. The van der Waals surface area contributed by atoms with Crippen LogP contribution >= 0.6 is 0 Å². The van der Waals surface area contributed by atoms with Crippen molar-refractivity contribution in [3.05, 3.63) is 0 Å². The van der Waals surface area contributed by atoms with Gasteiger partial charge >= 0.3 is 5.97 Å². The highest BCUT2D eigenvalue weighted by Gasteiger charge is 2.44. The Morgan fingerprint density at radius 1 is 1.53 bits per heavy atom. The van der Waals surface area contributed by atoms with Gasteiger partial charge in [0.15, 0.2) is 5.54 Å². The van der Waals surface area contributed by atoms with E-state index >= 15 is 0 Å². The number of nitrogens with zero attached hydrogens (tertiary/aromatic N) is 1. The number of aliphatic imine (C=N–C) groups is 1. The molecule has 0 aliphatic carbocycles. The first-order valence-electron chi connectivity index (χ1n) is 5.96. The molecule has 1 N–H and O–H groups in total. The molecule has 0 radical (unpaired) electrons. The van der Waals surface area contributed by atoms with Crippen LogP contribution in [0.5, 0.6) is 0 Å². The molecule has 0 spiro atoms. The van der Waals surface area contributed by atoms with Crippen LogP contribution in [0, 0.1) is 0 Å². The van der Waals surface area contributed by atoms with Gasteiger partial charge in [0.2, 0.25) is 5.90 Å². The predicted molar refractivity (Wildman–Crippen MR) is 66.2 cm³/mol. The van der Waals surface area contributed by atoms with Gasteiger partial charge in [0.05, 0.1) is 13.2 Å². The molecule has 98 valence electrons. The number of ether oxygens (including phenoxy) is 2. The van der Waals surface area contributed by atoms with E-state index in [0.717, 1.165) is 0 Å². The van der Waals surface area contributed by atoms with Crippen LogP contribution in [-0.4, -0.2) is 42.7 Å². The summed E-state index contributed by atoms with van der Waals surface area (Å²) in [4.78, 5) is 16.4. The summed E-state index contributed by atoms with van der Waals surface area (Å²) in [5, 5.41) is 3.12. The molecule has 1 aliphatic rings. The average Bonchev–Trinajstić information content (AvgIpc) is 2.19. The Hall–Kier alpha value is -1.10. The standard InChI is InChI=1S/C12H22N2O3/c1-6-16-9-12(5,14-8-7-13-9)10(15)17-11(2,3)4/h14H,6-8H2,1-5H3. The summed E-state index contributed by atoms with van der Waals surface area (Å²) in [6.07, 6.45) is 0. The second kappa shape index (κ2) is 5.04. The molecule has 5 heteroatoms. The van der Waals surface area contributed by atoms with Crippen LogP contribution < -0.4 is 5.32 Å². The molecule has 1 unspecified atom stereocenters. The number of carbonyl (C=O) groups excluding carboxylic acids is 1. The molecular formula is C12H22N2O3. The Bertz CT molecular complexity index is 320. The quantitative estimate of drug-likeness (QED) is 0.737. The summed E-state index contributed by atoms with van der Waals surface area (Å²) in [6.45, 7) is 10.9. The third-order valence-electron chi connectivity index (χ3n) is 2.36. The fourth-order valence-corrected chi connectivity index (χ4v) is 1.56. The highest BCUT2D eigenvalue weighted by molar-refractivity contribution is 6.07. The van der Waals surface area contributed by atoms with Crippen molar-refractivity contribution in [3.63, 3.8) is 0 Å². The zero-order chi connectivity index (χ0) is 13.1. The lowest BCUT2D eigenvalue weighted by Gasteiger charge is -2.34. The molecule has 0 bridgehead atoms. The maximum atomic E-state index is 12.2. The Kier molecular flexibility index (Phi) is 4.14. The smallest absolute Gasteiger partial charge is 0.336 e. The molecule has 0 saturated carbocycles. The van der Waals surface area contributed by atoms with E-state index in [2.05, 4.69) is 10.3 Å². The molecule has 1 rings (SSSR count). The first kappa shape index (κ1) is 14.0. The molecule has 0 amide bonds. The summed E-state index contributed by atoms with van der Waals surface area (Å²) in [5.41, 5.74) is -1.49. The maximum absolute atomic E-state index is 12.2. The molecule has 0 aromatic carbocycles. The van der Waals surface area contributed by atoms with Crippen molar-refractivity contribution < 1.29 is 14.3 Å². The number of rotatable bonds is 2. The first-order valence-corrected chi connectivity index (χ1v) is 5.96. The van der Waals surface area contributed by atoms with Crippen LogP contribution in [0.4, 0.5) is 0 Å². The number of carbonyl (C=O) groups is 1. The summed E-state index contributed by atoms with van der Waals surface area (Å²) in [6, 6.07) is 0. The third kappa shape index (κ3) is 3.43. The molecular weight excluding hydrogens is 220 g/mol. The van der Waals surface area contributed by atoms with Gasteiger partial charge in [-0.1, -0.05) is 0 Å². The van der Waals surface area contributed by atoms with Gasteiger partial charge in [0.25, 0.3) is 0 Å². The number of esters is 1. The Morgan fingerprint density at radius 3 is 2.71 bits per heavy atom. The highest BCUT2D eigenvalue weighted by atomic mass is 16.6. The van der Waals surface area contributed by atoms with Crippen molar-refractivity contribution in [2.75, 3.05) is 19.7 Å². The fourth-order valence-electron chi connectivity index (χ4n) is 1.56. The first-order chi connectivity index (χ1) is 7.79. The van der Waals surface area contributed by atoms with E-state index in [9.17, 15) is 4.79 Å². The molecule has 5 nitrogen and oxygen atoms in total. The second-order valence-corrected chi connectivity index (χ2v) is 5.17. The van der Waals surface area contributed by atoms with Crippen molar-refractivity contribution in [1.29, 1.82) is 0 Å². The third-order valence-corrected chi connectivity index (χ3v) is 2.36. The Labute approximate surface area is 103 Å². The summed E-state index contributed by atoms with van der Waals surface area (Å²) in [7, 11) is 0. The second-order valence-electron chi connectivity index (χ2n) is 5.17. The highest BCUT2D eigenvalue weighted by Crippen LogP contribution is 2.18. The average molecular weight is 242 g/mol. The van der Waals surface area contributed by atoms with Crippen molar-refractivity contribution in [2.24, 2.45) is 4.99 Å². The molecule has 1 atom stereocenters. The zero-order valence-corrected chi connectivity index (χ0v) is 11.3. The molecule has 0 aromatic rings. The summed E-state index contributed by atoms with van der Waals surface area (Å²) < 4.78 is 10.8. The van der Waals surface area contributed by atoms with Crippen molar-refractivity contribution in [3.8, 4) is 0 Å². The van der Waals surface area contributed by atoms with Crippen LogP contribution in [-0.2, 0) is 14.3 Å². The van der Waals surface area contributed by atoms with E-state index in [-0.39, 0.29) is 5.97 Å². The van der Waals surface area contributed by atoms with E-state index in [1.807, 2.05) is 27.7 Å². The minimum Gasteiger partial charge on any atom is -0.480 e. The molecule has 0 aromatic heterocycles. The Morgan fingerprint density at radius 2 is 2.18 bits per heavy atom. The van der Waals surface area contributed by atoms with Gasteiger partial charge in [-0.05, 0) is 34.6 Å². The topological polar surface area (TPSA) is 59.9 Å². The van der Waals surface area contributed by atoms with Gasteiger partial charge in [0.1, 0.15) is 5.60 Å². The normalized spacial score (nSPS) is 25.1. The summed E-state index contributed by atoms with van der Waals surface area (Å²) >= 11 is 0.